The van der Waals surface area contributed by atoms with Crippen LogP contribution in [-0.2, 0) is 35.1 Å². The lowest BCUT2D eigenvalue weighted by Gasteiger charge is -2.16. The number of hydrogen-bond acceptors (Lipinski definition) is 4. The third kappa shape index (κ3) is 3.09. The lowest BCUT2D eigenvalue weighted by Crippen LogP contribution is -2.24. The molecule has 0 atom stereocenters. The van der Waals surface area contributed by atoms with E-state index in [-0.39, 0.29) is 24.4 Å². The maximum atomic E-state index is 13.1. The van der Waals surface area contributed by atoms with Crippen molar-refractivity contribution in [2.45, 2.75) is 32.5 Å². The van der Waals surface area contributed by atoms with E-state index in [1.165, 1.54) is 0 Å². The Morgan fingerprint density at radius 3 is 2.84 bits per heavy atom. The molecule has 1 aromatic rings. The van der Waals surface area contributed by atoms with Gasteiger partial charge >= 0.3 is 12.1 Å². The molecule has 1 N–H and O–H groups in total. The zero-order valence-electron chi connectivity index (χ0n) is 10.4. The van der Waals surface area contributed by atoms with Gasteiger partial charge in [-0.05, 0) is 18.9 Å². The van der Waals surface area contributed by atoms with Gasteiger partial charge in [-0.25, -0.2) is 0 Å². The monoisotopic (exact) mass is 293 g/mol. The molecule has 1 aliphatic heterocycles. The molecule has 7 heteroatoms. The van der Waals surface area contributed by atoms with Gasteiger partial charge in [-0.15, -0.1) is 11.3 Å². The van der Waals surface area contributed by atoms with Gasteiger partial charge in [0.15, 0.2) is 0 Å². The number of rotatable bonds is 3. The Morgan fingerprint density at radius 2 is 2.21 bits per heavy atom. The van der Waals surface area contributed by atoms with Crippen molar-refractivity contribution in [3.05, 3.63) is 20.9 Å². The highest BCUT2D eigenvalue weighted by Crippen LogP contribution is 2.42. The van der Waals surface area contributed by atoms with E-state index < -0.39 is 17.7 Å². The van der Waals surface area contributed by atoms with Gasteiger partial charge in [0.05, 0.1) is 18.6 Å². The molecule has 0 saturated carbocycles. The minimum Gasteiger partial charge on any atom is -0.466 e. The number of alkyl halides is 3. The number of nitrogens with one attached hydrogen (secondary N) is 1. The summed E-state index contributed by atoms with van der Waals surface area (Å²) >= 11 is 1.08. The summed E-state index contributed by atoms with van der Waals surface area (Å²) < 4.78 is 44.1. The minimum atomic E-state index is -4.43. The summed E-state index contributed by atoms with van der Waals surface area (Å²) in [7, 11) is 0. The van der Waals surface area contributed by atoms with Crippen LogP contribution in [0.4, 0.5) is 13.2 Å². The molecule has 0 fully saturated rings. The first-order valence-corrected chi connectivity index (χ1v) is 6.82. The van der Waals surface area contributed by atoms with Crippen LogP contribution in [0.1, 0.15) is 27.8 Å². The quantitative estimate of drug-likeness (QED) is 0.870. The van der Waals surface area contributed by atoms with Crippen LogP contribution >= 0.6 is 11.3 Å². The molecular formula is C12H14F3NO2S. The number of carbonyl (C=O) groups excluding carboxylic acids is 1. The maximum absolute atomic E-state index is 13.1. The van der Waals surface area contributed by atoms with Crippen molar-refractivity contribution in [3.63, 3.8) is 0 Å². The van der Waals surface area contributed by atoms with Gasteiger partial charge in [0.1, 0.15) is 0 Å². The van der Waals surface area contributed by atoms with Gasteiger partial charge < -0.3 is 10.1 Å². The van der Waals surface area contributed by atoms with E-state index in [9.17, 15) is 18.0 Å². The first-order chi connectivity index (χ1) is 8.93. The van der Waals surface area contributed by atoms with Gasteiger partial charge in [0.2, 0.25) is 0 Å². The number of thiophene rings is 1. The predicted molar refractivity (Wildman–Crippen MR) is 65.1 cm³/mol. The van der Waals surface area contributed by atoms with Crippen molar-refractivity contribution in [2.75, 3.05) is 13.2 Å². The SMILES string of the molecule is CCOC(=O)Cc1sc2c(c1C(F)(F)F)CNCC2. The number of ether oxygens (including phenoxy) is 1. The van der Waals surface area contributed by atoms with Crippen molar-refractivity contribution in [1.29, 1.82) is 0 Å². The summed E-state index contributed by atoms with van der Waals surface area (Å²) in [5, 5.41) is 2.94. The number of fused-ring (bicyclic) bond motifs is 1. The molecule has 1 aliphatic rings. The van der Waals surface area contributed by atoms with Crippen LogP contribution in [0.2, 0.25) is 0 Å². The van der Waals surface area contributed by atoms with E-state index in [0.29, 0.717) is 18.5 Å². The molecule has 0 aliphatic carbocycles. The molecule has 0 bridgehead atoms. The highest BCUT2D eigenvalue weighted by atomic mass is 32.1. The second-order valence-electron chi connectivity index (χ2n) is 4.21. The van der Waals surface area contributed by atoms with E-state index in [1.54, 1.807) is 6.92 Å². The Hall–Kier alpha value is -1.08. The Balaban J connectivity index is 2.36. The van der Waals surface area contributed by atoms with Gasteiger partial charge in [-0.2, -0.15) is 13.2 Å². The fraction of sp³-hybridized carbons (Fsp3) is 0.583. The second-order valence-corrected chi connectivity index (χ2v) is 5.40. The van der Waals surface area contributed by atoms with Crippen molar-refractivity contribution < 1.29 is 22.7 Å². The molecule has 106 valence electrons. The van der Waals surface area contributed by atoms with Crippen LogP contribution in [0.25, 0.3) is 0 Å². The Bertz CT molecular complexity index is 482. The zero-order valence-corrected chi connectivity index (χ0v) is 11.2. The first kappa shape index (κ1) is 14.3. The van der Waals surface area contributed by atoms with Crippen molar-refractivity contribution in [3.8, 4) is 0 Å². The normalized spacial score (nSPS) is 15.2. The fourth-order valence-corrected chi connectivity index (χ4v) is 3.50. The Morgan fingerprint density at radius 1 is 1.47 bits per heavy atom. The highest BCUT2D eigenvalue weighted by Gasteiger charge is 2.40. The fourth-order valence-electron chi connectivity index (χ4n) is 2.17. The van der Waals surface area contributed by atoms with E-state index >= 15 is 0 Å². The largest absolute Gasteiger partial charge is 0.466 e. The topological polar surface area (TPSA) is 38.3 Å². The number of carbonyl (C=O) groups is 1. The molecule has 0 spiro atoms. The molecule has 2 heterocycles. The van der Waals surface area contributed by atoms with Gasteiger partial charge in [0, 0.05) is 22.8 Å². The number of halogens is 3. The van der Waals surface area contributed by atoms with Crippen LogP contribution < -0.4 is 5.32 Å². The van der Waals surface area contributed by atoms with E-state index in [4.69, 9.17) is 4.74 Å². The van der Waals surface area contributed by atoms with Crippen LogP contribution in [0.15, 0.2) is 0 Å². The minimum absolute atomic E-state index is 0.0691. The molecule has 0 unspecified atom stereocenters. The first-order valence-electron chi connectivity index (χ1n) is 6.00. The summed E-state index contributed by atoms with van der Waals surface area (Å²) in [5.41, 5.74) is -0.351. The number of hydrogen-bond donors (Lipinski definition) is 1. The van der Waals surface area contributed by atoms with E-state index in [2.05, 4.69) is 5.32 Å². The van der Waals surface area contributed by atoms with Crippen LogP contribution in [-0.4, -0.2) is 19.1 Å². The average molecular weight is 293 g/mol. The smallest absolute Gasteiger partial charge is 0.417 e. The maximum Gasteiger partial charge on any atom is 0.417 e. The molecule has 1 aromatic heterocycles. The van der Waals surface area contributed by atoms with Gasteiger partial charge in [0.25, 0.3) is 0 Å². The summed E-state index contributed by atoms with van der Waals surface area (Å²) in [6.07, 6.45) is -4.16. The predicted octanol–water partition coefficient (Wildman–Crippen LogP) is 2.52. The van der Waals surface area contributed by atoms with Crippen molar-refractivity contribution >= 4 is 17.3 Å². The van der Waals surface area contributed by atoms with Crippen molar-refractivity contribution in [2.24, 2.45) is 0 Å². The molecular weight excluding hydrogens is 279 g/mol. The Kier molecular flexibility index (Phi) is 4.15. The summed E-state index contributed by atoms with van der Waals surface area (Å²) in [6, 6.07) is 0. The molecule has 0 saturated heterocycles. The summed E-state index contributed by atoms with van der Waals surface area (Å²) in [6.45, 7) is 2.69. The second kappa shape index (κ2) is 5.50. The number of esters is 1. The van der Waals surface area contributed by atoms with Crippen LogP contribution in [0, 0.1) is 0 Å². The Labute approximate surface area is 112 Å². The molecule has 0 aromatic carbocycles. The van der Waals surface area contributed by atoms with Crippen LogP contribution in [0.3, 0.4) is 0 Å². The third-order valence-corrected chi connectivity index (χ3v) is 4.18. The van der Waals surface area contributed by atoms with E-state index in [1.807, 2.05) is 0 Å². The van der Waals surface area contributed by atoms with Gasteiger partial charge in [-0.1, -0.05) is 0 Å². The third-order valence-electron chi connectivity index (χ3n) is 2.89. The molecule has 19 heavy (non-hydrogen) atoms. The summed E-state index contributed by atoms with van der Waals surface area (Å²) in [4.78, 5) is 12.2. The van der Waals surface area contributed by atoms with Crippen LogP contribution in [0.5, 0.6) is 0 Å². The highest BCUT2D eigenvalue weighted by molar-refractivity contribution is 7.12. The molecule has 3 nitrogen and oxygen atoms in total. The molecule has 2 rings (SSSR count). The standard InChI is InChI=1S/C12H14F3NO2S/c1-2-18-10(17)5-9-11(12(13,14)15)7-6-16-4-3-8(7)19-9/h16H,2-6H2,1H3. The lowest BCUT2D eigenvalue weighted by atomic mass is 10.0. The average Bonchev–Trinajstić information content (AvgIpc) is 2.66. The van der Waals surface area contributed by atoms with E-state index in [0.717, 1.165) is 16.2 Å². The van der Waals surface area contributed by atoms with Crippen molar-refractivity contribution in [1.82, 2.24) is 5.32 Å². The molecule has 0 radical (unpaired) electrons. The lowest BCUT2D eigenvalue weighted by molar-refractivity contribution is -0.143. The molecule has 0 amide bonds. The summed E-state index contributed by atoms with van der Waals surface area (Å²) in [5.74, 6) is -0.612. The van der Waals surface area contributed by atoms with Gasteiger partial charge in [-0.3, -0.25) is 4.79 Å². The zero-order chi connectivity index (χ0) is 14.0.